The Morgan fingerprint density at radius 1 is 0.163 bits per heavy atom. The van der Waals surface area contributed by atoms with Crippen molar-refractivity contribution in [2.24, 2.45) is 0 Å². The van der Waals surface area contributed by atoms with Gasteiger partial charge in [0.15, 0.2) is 0 Å². The molecule has 0 spiro atoms. The molecule has 0 bridgehead atoms. The first-order chi connectivity index (χ1) is 45.7. The summed E-state index contributed by atoms with van der Waals surface area (Å²) in [6.45, 7) is 0. The first-order valence-electron chi connectivity index (χ1n) is 31.5. The summed E-state index contributed by atoms with van der Waals surface area (Å²) in [5, 5.41) is 14.4. The van der Waals surface area contributed by atoms with E-state index in [1.165, 1.54) is 87.2 Å². The van der Waals surface area contributed by atoms with E-state index in [0.29, 0.717) is 0 Å². The Balaban J connectivity index is 0.844. The van der Waals surface area contributed by atoms with E-state index in [-0.39, 0.29) is 0 Å². The number of rotatable bonds is 6. The minimum absolute atomic E-state index is 0.803. The zero-order chi connectivity index (χ0) is 59.9. The first kappa shape index (κ1) is 49.5. The summed E-state index contributed by atoms with van der Waals surface area (Å²) < 4.78 is 14.6. The lowest BCUT2D eigenvalue weighted by molar-refractivity contribution is 1.14. The summed E-state index contributed by atoms with van der Waals surface area (Å²) in [6.07, 6.45) is 0. The van der Waals surface area contributed by atoms with Gasteiger partial charge in [0.1, 0.15) is 11.0 Å². The van der Waals surface area contributed by atoms with Gasteiger partial charge >= 0.3 is 0 Å². The van der Waals surface area contributed by atoms with Crippen LogP contribution in [-0.4, -0.2) is 37.4 Å². The zero-order valence-corrected chi connectivity index (χ0v) is 49.4. The van der Waals surface area contributed by atoms with E-state index in [1.54, 1.807) is 0 Å². The third-order valence-electron chi connectivity index (χ3n) is 19.8. The molecule has 0 saturated heterocycles. The summed E-state index contributed by atoms with van der Waals surface area (Å²) >= 11 is 0. The van der Waals surface area contributed by atoms with Crippen LogP contribution in [0, 0.1) is 0 Å². The van der Waals surface area contributed by atoms with Crippen LogP contribution in [0.4, 0.5) is 0 Å². The summed E-state index contributed by atoms with van der Waals surface area (Å²) in [5.74, 6) is 0. The topological polar surface area (TPSA) is 55.4 Å². The molecule has 0 saturated carbocycles. The van der Waals surface area contributed by atoms with E-state index in [9.17, 15) is 0 Å². The molecule has 14 aromatic carbocycles. The standard InChI is InChI=1S/C84H50N8/c1-11-29-69-55(19-1)56-20-2-12-30-70(56)87(69)51-37-41-77-63(47-51)64-48-52(88-71-31-13-3-21-57(71)58-22-4-14-32-72(58)88)38-42-78(64)91(77)81-45-46-82(84-83(81)85-67-27-9-10-28-68(67)86-84)92-79-43-39-53(89-73-33-15-5-23-59(73)60-24-6-16-34-74(60)89)49-65(79)66-50-54(40-44-80(66)92)90-75-35-17-7-25-61(75)62-26-8-18-36-76(62)90/h1-50H. The second kappa shape index (κ2) is 18.5. The maximum absolute atomic E-state index is 5.73. The molecule has 92 heavy (non-hydrogen) atoms. The summed E-state index contributed by atoms with van der Waals surface area (Å²) in [4.78, 5) is 11.5. The van der Waals surface area contributed by atoms with Crippen LogP contribution < -0.4 is 0 Å². The molecule has 21 aromatic rings. The quantitative estimate of drug-likeness (QED) is 0.156. The fourth-order valence-electron chi connectivity index (χ4n) is 15.9. The number of benzene rings is 14. The number of hydrogen-bond acceptors (Lipinski definition) is 2. The lowest BCUT2D eigenvalue weighted by atomic mass is 10.1. The molecule has 0 aliphatic heterocycles. The normalized spacial score (nSPS) is 12.3. The third kappa shape index (κ3) is 6.73. The van der Waals surface area contributed by atoms with E-state index in [4.69, 9.17) is 9.97 Å². The van der Waals surface area contributed by atoms with Crippen LogP contribution in [0.25, 0.3) is 187 Å². The third-order valence-corrected chi connectivity index (χ3v) is 19.8. The molecular formula is C84H50N8. The van der Waals surface area contributed by atoms with Gasteiger partial charge in [0, 0.05) is 87.4 Å². The molecule has 0 aliphatic carbocycles. The Bertz CT molecular complexity index is 5810. The van der Waals surface area contributed by atoms with Crippen LogP contribution in [0.1, 0.15) is 0 Å². The number of nitrogens with zero attached hydrogens (tertiary/aromatic N) is 8. The highest BCUT2D eigenvalue weighted by atomic mass is 15.1. The van der Waals surface area contributed by atoms with Gasteiger partial charge in [-0.25, -0.2) is 9.97 Å². The molecule has 0 N–H and O–H groups in total. The molecule has 426 valence electrons. The monoisotopic (exact) mass is 1170 g/mol. The number of hydrogen-bond donors (Lipinski definition) is 0. The molecule has 0 unspecified atom stereocenters. The Morgan fingerprint density at radius 3 is 0.587 bits per heavy atom. The maximum Gasteiger partial charge on any atom is 0.116 e. The van der Waals surface area contributed by atoms with Crippen LogP contribution in [0.3, 0.4) is 0 Å². The van der Waals surface area contributed by atoms with Gasteiger partial charge < -0.3 is 27.4 Å². The molecule has 8 nitrogen and oxygen atoms in total. The lowest BCUT2D eigenvalue weighted by Gasteiger charge is -2.17. The molecule has 0 fully saturated rings. The van der Waals surface area contributed by atoms with Crippen LogP contribution in [-0.2, 0) is 0 Å². The molecule has 0 amide bonds. The highest BCUT2D eigenvalue weighted by Crippen LogP contribution is 2.45. The van der Waals surface area contributed by atoms with Gasteiger partial charge in [0.25, 0.3) is 0 Å². The molecule has 0 atom stereocenters. The van der Waals surface area contributed by atoms with Crippen molar-refractivity contribution in [1.82, 2.24) is 37.4 Å². The minimum Gasteiger partial charge on any atom is -0.309 e. The predicted octanol–water partition coefficient (Wildman–Crippen LogP) is 21.4. The van der Waals surface area contributed by atoms with Crippen molar-refractivity contribution in [3.63, 3.8) is 0 Å². The van der Waals surface area contributed by atoms with Crippen molar-refractivity contribution < 1.29 is 0 Å². The summed E-state index contributed by atoms with van der Waals surface area (Å²) in [6, 6.07) is 111. The SMILES string of the molecule is c1ccc2nc3c(-n4c5ccc(-n6c7ccccc7c7ccccc76)cc5c5cc(-n6c7ccccc7c7ccccc76)ccc54)ccc(-n4c5ccc(-n6c7ccccc7c7ccccc76)cc5c5cc(-n6c7ccccc7c7ccccc76)ccc54)c3nc2c1. The minimum atomic E-state index is 0.803. The zero-order valence-electron chi connectivity index (χ0n) is 49.4. The molecule has 7 aromatic heterocycles. The highest BCUT2D eigenvalue weighted by Gasteiger charge is 2.25. The fourth-order valence-corrected chi connectivity index (χ4v) is 15.9. The maximum atomic E-state index is 5.73. The Labute approximate surface area is 524 Å². The van der Waals surface area contributed by atoms with Gasteiger partial charge in [-0.1, -0.05) is 158 Å². The second-order valence-electron chi connectivity index (χ2n) is 24.5. The summed E-state index contributed by atoms with van der Waals surface area (Å²) in [5.41, 5.74) is 23.2. The van der Waals surface area contributed by atoms with Gasteiger partial charge in [-0.05, 0) is 146 Å². The van der Waals surface area contributed by atoms with Crippen molar-refractivity contribution >= 4 is 153 Å². The van der Waals surface area contributed by atoms with Crippen LogP contribution in [0.5, 0.6) is 0 Å². The van der Waals surface area contributed by atoms with Gasteiger partial charge in [0.2, 0.25) is 0 Å². The Hall–Kier alpha value is -12.5. The Kier molecular flexibility index (Phi) is 9.96. The fraction of sp³-hybridized carbons (Fsp3) is 0. The smallest absolute Gasteiger partial charge is 0.116 e. The first-order valence-corrected chi connectivity index (χ1v) is 31.5. The van der Waals surface area contributed by atoms with Gasteiger partial charge in [-0.2, -0.15) is 0 Å². The molecule has 8 heteroatoms. The largest absolute Gasteiger partial charge is 0.309 e. The molecule has 0 radical (unpaired) electrons. The average Bonchev–Trinajstić information content (AvgIpc) is 1.52. The Morgan fingerprint density at radius 2 is 0.359 bits per heavy atom. The van der Waals surface area contributed by atoms with Crippen LogP contribution in [0.2, 0.25) is 0 Å². The van der Waals surface area contributed by atoms with E-state index in [1.807, 2.05) is 0 Å². The molecular weight excluding hydrogens is 1120 g/mol. The number of fused-ring (bicyclic) bond motifs is 20. The predicted molar refractivity (Wildman–Crippen MR) is 383 cm³/mol. The second-order valence-corrected chi connectivity index (χ2v) is 24.5. The van der Waals surface area contributed by atoms with Crippen molar-refractivity contribution in [2.45, 2.75) is 0 Å². The molecule has 21 rings (SSSR count). The van der Waals surface area contributed by atoms with Crippen LogP contribution >= 0.6 is 0 Å². The van der Waals surface area contributed by atoms with Gasteiger partial charge in [0.05, 0.1) is 88.6 Å². The van der Waals surface area contributed by atoms with E-state index < -0.39 is 0 Å². The highest BCUT2D eigenvalue weighted by molar-refractivity contribution is 6.18. The molecule has 0 aliphatic rings. The molecule has 7 heterocycles. The van der Waals surface area contributed by atoms with E-state index in [2.05, 4.69) is 331 Å². The van der Waals surface area contributed by atoms with Gasteiger partial charge in [-0.15, -0.1) is 0 Å². The van der Waals surface area contributed by atoms with E-state index in [0.717, 1.165) is 99.8 Å². The van der Waals surface area contributed by atoms with Crippen molar-refractivity contribution in [1.29, 1.82) is 0 Å². The number of para-hydroxylation sites is 10. The van der Waals surface area contributed by atoms with E-state index >= 15 is 0 Å². The van der Waals surface area contributed by atoms with Crippen molar-refractivity contribution in [2.75, 3.05) is 0 Å². The van der Waals surface area contributed by atoms with Crippen molar-refractivity contribution in [3.8, 4) is 34.1 Å². The number of aromatic nitrogens is 8. The van der Waals surface area contributed by atoms with Crippen molar-refractivity contribution in [3.05, 3.63) is 303 Å². The summed E-state index contributed by atoms with van der Waals surface area (Å²) in [7, 11) is 0. The average molecular weight is 1170 g/mol. The van der Waals surface area contributed by atoms with Crippen LogP contribution in [0.15, 0.2) is 303 Å². The van der Waals surface area contributed by atoms with Gasteiger partial charge in [-0.3, -0.25) is 0 Å². The lowest BCUT2D eigenvalue weighted by Crippen LogP contribution is -2.04.